The largest absolute Gasteiger partial charge is 0.351 e. The number of nitrogens with zero attached hydrogens (tertiary/aromatic N) is 1. The average Bonchev–Trinajstić information content (AvgIpc) is 2.43. The van der Waals surface area contributed by atoms with Gasteiger partial charge in [-0.25, -0.2) is 0 Å². The van der Waals surface area contributed by atoms with Crippen molar-refractivity contribution >= 4 is 11.8 Å². The predicted octanol–water partition coefficient (Wildman–Crippen LogP) is 3.36. The Morgan fingerprint density at radius 2 is 1.57 bits per heavy atom. The lowest BCUT2D eigenvalue weighted by Gasteiger charge is -2.35. The Balaban J connectivity index is 2.98. The molecule has 4 nitrogen and oxygen atoms in total. The Hall–Kier alpha value is -1.84. The summed E-state index contributed by atoms with van der Waals surface area (Å²) in [5.74, 6) is -0.396. The van der Waals surface area contributed by atoms with Gasteiger partial charge in [-0.1, -0.05) is 30.3 Å². The lowest BCUT2D eigenvalue weighted by molar-refractivity contribution is -0.151. The highest BCUT2D eigenvalue weighted by Crippen LogP contribution is 2.23. The normalized spacial score (nSPS) is 12.2. The molecule has 0 aliphatic carbocycles. The number of nitrogens with one attached hydrogen (secondary N) is 1. The zero-order chi connectivity index (χ0) is 17.8. The summed E-state index contributed by atoms with van der Waals surface area (Å²) in [6.45, 7) is 13.6. The van der Waals surface area contributed by atoms with Crippen molar-refractivity contribution in [2.24, 2.45) is 5.41 Å². The van der Waals surface area contributed by atoms with E-state index < -0.39 is 5.41 Å². The molecular formula is C19H30N2O2. The number of rotatable bonds is 5. The molecule has 2 amide bonds. The van der Waals surface area contributed by atoms with Crippen LogP contribution in [0, 0.1) is 5.41 Å². The van der Waals surface area contributed by atoms with Gasteiger partial charge in [-0.05, 0) is 54.0 Å². The van der Waals surface area contributed by atoms with E-state index in [4.69, 9.17) is 0 Å². The summed E-state index contributed by atoms with van der Waals surface area (Å²) < 4.78 is 0. The van der Waals surface area contributed by atoms with Gasteiger partial charge in [0.25, 0.3) is 0 Å². The number of hydrogen-bond donors (Lipinski definition) is 1. The maximum Gasteiger partial charge on any atom is 0.238 e. The van der Waals surface area contributed by atoms with Crippen LogP contribution in [0.2, 0.25) is 0 Å². The Kier molecular flexibility index (Phi) is 5.98. The van der Waals surface area contributed by atoms with Crippen LogP contribution in [0.3, 0.4) is 0 Å². The van der Waals surface area contributed by atoms with Crippen LogP contribution in [0.1, 0.15) is 54.0 Å². The molecule has 0 aliphatic rings. The average molecular weight is 318 g/mol. The predicted molar refractivity (Wildman–Crippen MR) is 93.8 cm³/mol. The second kappa shape index (κ2) is 7.16. The molecule has 0 atom stereocenters. The molecule has 0 saturated carbocycles. The Bertz CT molecular complexity index is 542. The first-order chi connectivity index (χ1) is 10.4. The fourth-order valence-electron chi connectivity index (χ4n) is 2.22. The van der Waals surface area contributed by atoms with Crippen molar-refractivity contribution in [1.29, 1.82) is 0 Å². The van der Waals surface area contributed by atoms with Crippen molar-refractivity contribution < 1.29 is 9.59 Å². The minimum absolute atomic E-state index is 0.0180. The molecule has 1 rings (SSSR count). The first-order valence-electron chi connectivity index (χ1n) is 8.13. The monoisotopic (exact) mass is 318 g/mol. The Labute approximate surface area is 140 Å². The SMILES string of the molecule is CC(C)N(Cc1ccccc1)C(=O)C(C)(C)C(=O)NC(C)(C)C. The first-order valence-corrected chi connectivity index (χ1v) is 8.13. The van der Waals surface area contributed by atoms with Gasteiger partial charge in [-0.15, -0.1) is 0 Å². The summed E-state index contributed by atoms with van der Waals surface area (Å²) >= 11 is 0. The summed E-state index contributed by atoms with van der Waals surface area (Å²) in [6, 6.07) is 9.86. The van der Waals surface area contributed by atoms with E-state index in [2.05, 4.69) is 5.32 Å². The van der Waals surface area contributed by atoms with Gasteiger partial charge in [-0.3, -0.25) is 9.59 Å². The van der Waals surface area contributed by atoms with Crippen molar-refractivity contribution in [3.63, 3.8) is 0 Å². The maximum atomic E-state index is 13.0. The van der Waals surface area contributed by atoms with Crippen LogP contribution in [-0.4, -0.2) is 28.3 Å². The fraction of sp³-hybridized carbons (Fsp3) is 0.579. The Morgan fingerprint density at radius 3 is 2.00 bits per heavy atom. The van der Waals surface area contributed by atoms with E-state index in [9.17, 15) is 9.59 Å². The van der Waals surface area contributed by atoms with Crippen molar-refractivity contribution in [3.05, 3.63) is 35.9 Å². The highest BCUT2D eigenvalue weighted by Gasteiger charge is 2.41. The van der Waals surface area contributed by atoms with Gasteiger partial charge in [-0.2, -0.15) is 0 Å². The molecule has 1 aromatic carbocycles. The highest BCUT2D eigenvalue weighted by molar-refractivity contribution is 6.04. The summed E-state index contributed by atoms with van der Waals surface area (Å²) in [5, 5.41) is 2.91. The number of amides is 2. The van der Waals surface area contributed by atoms with Crippen LogP contribution in [0.25, 0.3) is 0 Å². The molecule has 1 N–H and O–H groups in total. The van der Waals surface area contributed by atoms with Crippen LogP contribution >= 0.6 is 0 Å². The van der Waals surface area contributed by atoms with E-state index in [0.717, 1.165) is 5.56 Å². The van der Waals surface area contributed by atoms with Crippen LogP contribution in [0.15, 0.2) is 30.3 Å². The molecule has 0 aliphatic heterocycles. The minimum Gasteiger partial charge on any atom is -0.351 e. The highest BCUT2D eigenvalue weighted by atomic mass is 16.2. The lowest BCUT2D eigenvalue weighted by Crippen LogP contribution is -2.54. The second-order valence-corrected chi connectivity index (χ2v) is 7.84. The molecule has 0 aromatic heterocycles. The number of carbonyl (C=O) groups is 2. The third-order valence-corrected chi connectivity index (χ3v) is 3.67. The van der Waals surface area contributed by atoms with Gasteiger partial charge >= 0.3 is 0 Å². The third-order valence-electron chi connectivity index (χ3n) is 3.67. The van der Waals surface area contributed by atoms with Gasteiger partial charge in [0.1, 0.15) is 5.41 Å². The standard InChI is InChI=1S/C19H30N2O2/c1-14(2)21(13-15-11-9-8-10-12-15)17(23)19(6,7)16(22)20-18(3,4)5/h8-12,14H,13H2,1-7H3,(H,20,22). The zero-order valence-corrected chi connectivity index (χ0v) is 15.4. The van der Waals surface area contributed by atoms with Crippen molar-refractivity contribution in [1.82, 2.24) is 10.2 Å². The van der Waals surface area contributed by atoms with Crippen molar-refractivity contribution in [2.75, 3.05) is 0 Å². The van der Waals surface area contributed by atoms with Gasteiger partial charge < -0.3 is 10.2 Å². The van der Waals surface area contributed by atoms with Gasteiger partial charge in [0, 0.05) is 18.1 Å². The van der Waals surface area contributed by atoms with E-state index in [1.165, 1.54) is 0 Å². The van der Waals surface area contributed by atoms with Gasteiger partial charge in [0.15, 0.2) is 0 Å². The molecule has 0 bridgehead atoms. The number of benzene rings is 1. The fourth-order valence-corrected chi connectivity index (χ4v) is 2.22. The van der Waals surface area contributed by atoms with E-state index in [1.807, 2.05) is 65.0 Å². The van der Waals surface area contributed by atoms with Crippen molar-refractivity contribution in [2.45, 2.75) is 66.6 Å². The molecule has 0 spiro atoms. The van der Waals surface area contributed by atoms with E-state index >= 15 is 0 Å². The quantitative estimate of drug-likeness (QED) is 0.846. The van der Waals surface area contributed by atoms with E-state index in [0.29, 0.717) is 6.54 Å². The lowest BCUT2D eigenvalue weighted by atomic mass is 9.88. The molecule has 0 radical (unpaired) electrons. The van der Waals surface area contributed by atoms with Crippen LogP contribution in [0.4, 0.5) is 0 Å². The molecule has 0 fully saturated rings. The summed E-state index contributed by atoms with van der Waals surface area (Å²) in [4.78, 5) is 27.3. The molecule has 0 unspecified atom stereocenters. The first kappa shape index (κ1) is 19.2. The third kappa shape index (κ3) is 5.38. The maximum absolute atomic E-state index is 13.0. The van der Waals surface area contributed by atoms with Crippen LogP contribution in [0.5, 0.6) is 0 Å². The molecule has 23 heavy (non-hydrogen) atoms. The van der Waals surface area contributed by atoms with Crippen LogP contribution < -0.4 is 5.32 Å². The number of hydrogen-bond acceptors (Lipinski definition) is 2. The minimum atomic E-state index is -1.10. The Morgan fingerprint density at radius 1 is 1.04 bits per heavy atom. The van der Waals surface area contributed by atoms with Gasteiger partial charge in [0.2, 0.25) is 11.8 Å². The zero-order valence-electron chi connectivity index (χ0n) is 15.4. The summed E-state index contributed by atoms with van der Waals surface area (Å²) in [7, 11) is 0. The second-order valence-electron chi connectivity index (χ2n) is 7.84. The van der Waals surface area contributed by atoms with Crippen LogP contribution in [-0.2, 0) is 16.1 Å². The van der Waals surface area contributed by atoms with Crippen molar-refractivity contribution in [3.8, 4) is 0 Å². The van der Waals surface area contributed by atoms with E-state index in [1.54, 1.807) is 18.7 Å². The molecule has 0 saturated heterocycles. The molecular weight excluding hydrogens is 288 g/mol. The topological polar surface area (TPSA) is 49.4 Å². The molecule has 1 aromatic rings. The molecule has 4 heteroatoms. The molecule has 128 valence electrons. The summed E-state index contributed by atoms with van der Waals surface area (Å²) in [6.07, 6.45) is 0. The number of carbonyl (C=O) groups excluding carboxylic acids is 2. The van der Waals surface area contributed by atoms with E-state index in [-0.39, 0.29) is 23.4 Å². The summed E-state index contributed by atoms with van der Waals surface area (Å²) in [5.41, 5.74) is -0.412. The molecule has 0 heterocycles. The smallest absolute Gasteiger partial charge is 0.238 e. The van der Waals surface area contributed by atoms with Gasteiger partial charge in [0.05, 0.1) is 0 Å².